The molecule has 0 aromatic heterocycles. The third-order valence-electron chi connectivity index (χ3n) is 3.20. The fraction of sp³-hybridized carbons (Fsp3) is 1.00. The predicted molar refractivity (Wildman–Crippen MR) is 65.7 cm³/mol. The molecule has 0 radical (unpaired) electrons. The number of hydrogen-bond donors (Lipinski definition) is 0. The minimum Gasteiger partial charge on any atom is -0.0720 e. The van der Waals surface area contributed by atoms with Gasteiger partial charge in [-0.15, -0.1) is 0 Å². The van der Waals surface area contributed by atoms with E-state index in [4.69, 9.17) is 0 Å². The van der Waals surface area contributed by atoms with Gasteiger partial charge in [-0.1, -0.05) is 64.1 Å². The second-order valence-corrected chi connectivity index (χ2v) is 14.1. The van der Waals surface area contributed by atoms with Gasteiger partial charge in [-0.2, -0.15) is 0 Å². The fourth-order valence-corrected chi connectivity index (χ4v) is 4.54. The van der Waals surface area contributed by atoms with E-state index in [1.807, 2.05) is 0 Å². The number of rotatable bonds is 6. The lowest BCUT2D eigenvalue weighted by Gasteiger charge is -2.20. The molecule has 0 N–H and O–H groups in total. The normalized spacial score (nSPS) is 14.8. The largest absolute Gasteiger partial charge is 0.0720 e. The van der Waals surface area contributed by atoms with Gasteiger partial charge in [0, 0.05) is 16.9 Å². The molecule has 0 spiro atoms. The van der Waals surface area contributed by atoms with Crippen molar-refractivity contribution < 1.29 is 0 Å². The lowest BCUT2D eigenvalue weighted by Crippen LogP contribution is -2.23. The predicted octanol–water partition coefficient (Wildman–Crippen LogP) is 3.98. The van der Waals surface area contributed by atoms with Crippen LogP contribution in [-0.2, 0) is 0 Å². The summed E-state index contributed by atoms with van der Waals surface area (Å²) in [5, 5.41) is 0. The first-order valence-electron chi connectivity index (χ1n) is 5.52. The molecule has 74 valence electrons. The second kappa shape index (κ2) is 5.97. The third kappa shape index (κ3) is 6.01. The van der Waals surface area contributed by atoms with Gasteiger partial charge < -0.3 is 0 Å². The minimum atomic E-state index is -0.735. The van der Waals surface area contributed by atoms with Crippen molar-refractivity contribution in [2.24, 2.45) is 0 Å². The standard InChI is InChI=1S/C10H26Si2/c1-6-11(3)9-8-10-12(4,5)7-2/h11H,6-10H2,1-5H3. The van der Waals surface area contributed by atoms with E-state index >= 15 is 0 Å². The molecule has 0 aliphatic heterocycles. The van der Waals surface area contributed by atoms with E-state index in [-0.39, 0.29) is 8.80 Å². The quantitative estimate of drug-likeness (QED) is 0.572. The van der Waals surface area contributed by atoms with Crippen molar-refractivity contribution in [1.82, 2.24) is 0 Å². The summed E-state index contributed by atoms with van der Waals surface area (Å²) >= 11 is 0. The van der Waals surface area contributed by atoms with Crippen LogP contribution in [0.2, 0.25) is 43.8 Å². The van der Waals surface area contributed by atoms with Crippen LogP contribution in [0.5, 0.6) is 0 Å². The summed E-state index contributed by atoms with van der Waals surface area (Å²) in [5.74, 6) is 0. The average Bonchev–Trinajstić information content (AvgIpc) is 2.04. The van der Waals surface area contributed by atoms with E-state index < -0.39 is 8.07 Å². The monoisotopic (exact) mass is 202 g/mol. The van der Waals surface area contributed by atoms with Gasteiger partial charge in [-0.25, -0.2) is 0 Å². The van der Waals surface area contributed by atoms with Gasteiger partial charge in [0.15, 0.2) is 0 Å². The van der Waals surface area contributed by atoms with Crippen LogP contribution in [0.25, 0.3) is 0 Å². The fourth-order valence-electron chi connectivity index (χ4n) is 1.31. The second-order valence-electron chi connectivity index (χ2n) is 4.92. The third-order valence-corrected chi connectivity index (χ3v) is 9.61. The maximum Gasteiger partial charge on any atom is 0.0470 e. The Morgan fingerprint density at radius 2 is 1.75 bits per heavy atom. The van der Waals surface area contributed by atoms with Gasteiger partial charge in [0.2, 0.25) is 0 Å². The molecular weight excluding hydrogens is 176 g/mol. The Morgan fingerprint density at radius 3 is 2.17 bits per heavy atom. The molecule has 0 saturated carbocycles. The van der Waals surface area contributed by atoms with Crippen molar-refractivity contribution in [3.63, 3.8) is 0 Å². The van der Waals surface area contributed by atoms with Crippen LogP contribution in [0.3, 0.4) is 0 Å². The highest BCUT2D eigenvalue weighted by Crippen LogP contribution is 2.19. The Labute approximate surface area is 81.4 Å². The molecule has 12 heavy (non-hydrogen) atoms. The summed E-state index contributed by atoms with van der Waals surface area (Å²) < 4.78 is 0. The molecule has 0 fully saturated rings. The zero-order valence-electron chi connectivity index (χ0n) is 9.61. The van der Waals surface area contributed by atoms with Gasteiger partial charge in [-0.3, -0.25) is 0 Å². The summed E-state index contributed by atoms with van der Waals surface area (Å²) in [5.41, 5.74) is 0. The molecule has 0 rings (SSSR count). The molecular formula is C10H26Si2. The van der Waals surface area contributed by atoms with Gasteiger partial charge in [0.25, 0.3) is 0 Å². The Hall–Kier alpha value is 0.434. The Morgan fingerprint density at radius 1 is 1.17 bits per heavy atom. The number of hydrogen-bond acceptors (Lipinski definition) is 0. The molecule has 0 saturated heterocycles. The van der Waals surface area contributed by atoms with E-state index in [0.29, 0.717) is 0 Å². The smallest absolute Gasteiger partial charge is 0.0470 e. The first kappa shape index (κ1) is 12.4. The van der Waals surface area contributed by atoms with Crippen molar-refractivity contribution in [1.29, 1.82) is 0 Å². The Kier molecular flexibility index (Phi) is 6.19. The lowest BCUT2D eigenvalue weighted by molar-refractivity contribution is 1.01. The van der Waals surface area contributed by atoms with Crippen LogP contribution in [0.4, 0.5) is 0 Å². The Balaban J connectivity index is 3.42. The van der Waals surface area contributed by atoms with Crippen LogP contribution in [-0.4, -0.2) is 16.9 Å². The SMILES string of the molecule is CC[SiH](C)CCC[Si](C)(C)CC. The molecule has 0 bridgehead atoms. The van der Waals surface area contributed by atoms with Crippen molar-refractivity contribution >= 4 is 16.9 Å². The molecule has 2 heteroatoms. The van der Waals surface area contributed by atoms with Crippen molar-refractivity contribution in [3.8, 4) is 0 Å². The van der Waals surface area contributed by atoms with Crippen LogP contribution in [0.1, 0.15) is 20.3 Å². The van der Waals surface area contributed by atoms with Gasteiger partial charge >= 0.3 is 0 Å². The zero-order valence-corrected chi connectivity index (χ0v) is 11.8. The van der Waals surface area contributed by atoms with Crippen molar-refractivity contribution in [3.05, 3.63) is 0 Å². The van der Waals surface area contributed by atoms with Gasteiger partial charge in [0.1, 0.15) is 0 Å². The molecule has 0 aliphatic rings. The van der Waals surface area contributed by atoms with Crippen molar-refractivity contribution in [2.45, 2.75) is 64.1 Å². The Bertz CT molecular complexity index is 110. The molecule has 0 aliphatic carbocycles. The molecule has 0 amide bonds. The summed E-state index contributed by atoms with van der Waals surface area (Å²) in [7, 11) is -0.994. The minimum absolute atomic E-state index is 0.260. The van der Waals surface area contributed by atoms with E-state index in [1.54, 1.807) is 12.1 Å². The van der Waals surface area contributed by atoms with E-state index in [2.05, 4.69) is 33.5 Å². The molecule has 0 nitrogen and oxygen atoms in total. The highest BCUT2D eigenvalue weighted by atomic mass is 28.3. The maximum absolute atomic E-state index is 2.53. The highest BCUT2D eigenvalue weighted by Gasteiger charge is 2.17. The van der Waals surface area contributed by atoms with Crippen molar-refractivity contribution in [2.75, 3.05) is 0 Å². The topological polar surface area (TPSA) is 0 Å². The zero-order chi connectivity index (χ0) is 9.61. The molecule has 0 heterocycles. The summed E-state index contributed by atoms with van der Waals surface area (Å²) in [6.45, 7) is 12.3. The highest BCUT2D eigenvalue weighted by molar-refractivity contribution is 6.77. The molecule has 0 aromatic rings. The molecule has 0 aromatic carbocycles. The van der Waals surface area contributed by atoms with Crippen LogP contribution < -0.4 is 0 Å². The van der Waals surface area contributed by atoms with Gasteiger partial charge in [0.05, 0.1) is 0 Å². The van der Waals surface area contributed by atoms with Gasteiger partial charge in [-0.05, 0) is 0 Å². The van der Waals surface area contributed by atoms with E-state index in [0.717, 1.165) is 0 Å². The van der Waals surface area contributed by atoms with Crippen LogP contribution >= 0.6 is 0 Å². The van der Waals surface area contributed by atoms with E-state index in [1.165, 1.54) is 18.5 Å². The molecule has 1 unspecified atom stereocenters. The summed E-state index contributed by atoms with van der Waals surface area (Å²) in [4.78, 5) is 0. The summed E-state index contributed by atoms with van der Waals surface area (Å²) in [6, 6.07) is 6.12. The van der Waals surface area contributed by atoms with Crippen LogP contribution in [0.15, 0.2) is 0 Å². The first-order chi connectivity index (χ1) is 5.52. The summed E-state index contributed by atoms with van der Waals surface area (Å²) in [6.07, 6.45) is 1.54. The lowest BCUT2D eigenvalue weighted by atomic mass is 10.6. The van der Waals surface area contributed by atoms with Crippen LogP contribution in [0, 0.1) is 0 Å². The average molecular weight is 202 g/mol. The van der Waals surface area contributed by atoms with E-state index in [9.17, 15) is 0 Å². The maximum atomic E-state index is 2.53. The molecule has 1 atom stereocenters. The first-order valence-corrected chi connectivity index (χ1v) is 11.7.